The summed E-state index contributed by atoms with van der Waals surface area (Å²) in [5.74, 6) is 2.79. The van der Waals surface area contributed by atoms with Crippen LogP contribution in [0.15, 0.2) is 4.99 Å². The van der Waals surface area contributed by atoms with Crippen molar-refractivity contribution in [3.8, 4) is 0 Å². The summed E-state index contributed by atoms with van der Waals surface area (Å²) in [6.45, 7) is 10.2. The summed E-state index contributed by atoms with van der Waals surface area (Å²) in [7, 11) is 0. The lowest BCUT2D eigenvalue weighted by molar-refractivity contribution is 0.442. The number of nitrogens with one attached hydrogen (secondary N) is 1. The molecule has 1 aliphatic heterocycles. The van der Waals surface area contributed by atoms with Gasteiger partial charge < -0.3 is 5.32 Å². The smallest absolute Gasteiger partial charge is 0.156 e. The Kier molecular flexibility index (Phi) is 8.60. The molecule has 1 heterocycles. The van der Waals surface area contributed by atoms with Crippen LogP contribution in [-0.2, 0) is 0 Å². The van der Waals surface area contributed by atoms with Crippen LogP contribution in [0.2, 0.25) is 0 Å². The van der Waals surface area contributed by atoms with Gasteiger partial charge in [0.15, 0.2) is 5.17 Å². The van der Waals surface area contributed by atoms with E-state index in [9.17, 15) is 0 Å². The standard InChI is InChI=1S/C16H32N2S/c1-13(2)9-7-5-6-8-11-17-16-18-15(14(3)4)10-12-19-16/h13-15H,5-12H2,1-4H3,(H,17,18). The molecule has 1 saturated heterocycles. The molecule has 0 radical (unpaired) electrons. The van der Waals surface area contributed by atoms with Crippen LogP contribution in [0.4, 0.5) is 0 Å². The minimum absolute atomic E-state index is 0.631. The highest BCUT2D eigenvalue weighted by molar-refractivity contribution is 8.13. The molecule has 0 aromatic heterocycles. The van der Waals surface area contributed by atoms with Crippen molar-refractivity contribution in [1.82, 2.24) is 5.32 Å². The quantitative estimate of drug-likeness (QED) is 0.653. The molecule has 0 aromatic rings. The van der Waals surface area contributed by atoms with E-state index in [0.29, 0.717) is 12.0 Å². The summed E-state index contributed by atoms with van der Waals surface area (Å²) in [5.41, 5.74) is 0. The highest BCUT2D eigenvalue weighted by Crippen LogP contribution is 2.19. The van der Waals surface area contributed by atoms with Gasteiger partial charge in [0, 0.05) is 18.3 Å². The number of hydrogen-bond donors (Lipinski definition) is 1. The van der Waals surface area contributed by atoms with E-state index < -0.39 is 0 Å². The van der Waals surface area contributed by atoms with Gasteiger partial charge in [0.05, 0.1) is 0 Å². The van der Waals surface area contributed by atoms with Gasteiger partial charge >= 0.3 is 0 Å². The van der Waals surface area contributed by atoms with Gasteiger partial charge in [-0.1, -0.05) is 65.1 Å². The van der Waals surface area contributed by atoms with Crippen molar-refractivity contribution in [3.05, 3.63) is 0 Å². The Morgan fingerprint density at radius 1 is 1.16 bits per heavy atom. The van der Waals surface area contributed by atoms with Crippen molar-refractivity contribution in [2.24, 2.45) is 16.8 Å². The predicted octanol–water partition coefficient (Wildman–Crippen LogP) is 4.70. The minimum atomic E-state index is 0.631. The van der Waals surface area contributed by atoms with E-state index in [4.69, 9.17) is 4.99 Å². The molecule has 0 saturated carbocycles. The molecule has 1 fully saturated rings. The Morgan fingerprint density at radius 2 is 1.89 bits per heavy atom. The van der Waals surface area contributed by atoms with E-state index >= 15 is 0 Å². The second-order valence-corrected chi connectivity index (χ2v) is 7.50. The molecule has 112 valence electrons. The van der Waals surface area contributed by atoms with E-state index in [1.54, 1.807) is 0 Å². The maximum absolute atomic E-state index is 4.72. The molecule has 1 atom stereocenters. The van der Waals surface area contributed by atoms with Crippen molar-refractivity contribution in [2.45, 2.75) is 72.3 Å². The SMILES string of the molecule is CC(C)CCCCCCN=C1NC(C(C)C)CCS1. The van der Waals surface area contributed by atoms with Gasteiger partial charge in [-0.3, -0.25) is 4.99 Å². The van der Waals surface area contributed by atoms with Gasteiger partial charge in [-0.05, 0) is 24.7 Å². The summed E-state index contributed by atoms with van der Waals surface area (Å²) in [5, 5.41) is 4.77. The molecule has 1 N–H and O–H groups in total. The monoisotopic (exact) mass is 284 g/mol. The maximum atomic E-state index is 4.72. The van der Waals surface area contributed by atoms with Crippen LogP contribution in [0.3, 0.4) is 0 Å². The number of thioether (sulfide) groups is 1. The minimum Gasteiger partial charge on any atom is -0.362 e. The van der Waals surface area contributed by atoms with Gasteiger partial charge in [-0.25, -0.2) is 0 Å². The van der Waals surface area contributed by atoms with Gasteiger partial charge in [0.25, 0.3) is 0 Å². The normalized spacial score (nSPS) is 22.2. The van der Waals surface area contributed by atoms with E-state index in [2.05, 4.69) is 33.0 Å². The average Bonchev–Trinajstić information content (AvgIpc) is 2.37. The second-order valence-electron chi connectivity index (χ2n) is 6.42. The number of hydrogen-bond acceptors (Lipinski definition) is 2. The van der Waals surface area contributed by atoms with Gasteiger partial charge in [0.1, 0.15) is 0 Å². The molecule has 1 unspecified atom stereocenters. The van der Waals surface area contributed by atoms with Crippen molar-refractivity contribution in [2.75, 3.05) is 12.3 Å². The Hall–Kier alpha value is -0.180. The molecule has 0 aromatic carbocycles. The maximum Gasteiger partial charge on any atom is 0.156 e. The Morgan fingerprint density at radius 3 is 2.58 bits per heavy atom. The first-order valence-electron chi connectivity index (χ1n) is 8.03. The number of aliphatic imine (C=N–C) groups is 1. The summed E-state index contributed by atoms with van der Waals surface area (Å²) >= 11 is 1.90. The molecule has 0 bridgehead atoms. The van der Waals surface area contributed by atoms with Gasteiger partial charge in [-0.15, -0.1) is 0 Å². The average molecular weight is 285 g/mol. The topological polar surface area (TPSA) is 24.4 Å². The van der Waals surface area contributed by atoms with Gasteiger partial charge in [0.2, 0.25) is 0 Å². The first kappa shape index (κ1) is 16.9. The molecule has 19 heavy (non-hydrogen) atoms. The highest BCUT2D eigenvalue weighted by Gasteiger charge is 2.19. The Bertz CT molecular complexity index is 261. The summed E-state index contributed by atoms with van der Waals surface area (Å²) < 4.78 is 0. The van der Waals surface area contributed by atoms with Crippen LogP contribution in [-0.4, -0.2) is 23.5 Å². The van der Waals surface area contributed by atoms with Crippen LogP contribution in [0.25, 0.3) is 0 Å². The van der Waals surface area contributed by atoms with Crippen molar-refractivity contribution in [1.29, 1.82) is 0 Å². The Balaban J connectivity index is 2.08. The van der Waals surface area contributed by atoms with Crippen LogP contribution in [0, 0.1) is 11.8 Å². The van der Waals surface area contributed by atoms with Crippen LogP contribution >= 0.6 is 11.8 Å². The predicted molar refractivity (Wildman–Crippen MR) is 89.1 cm³/mol. The van der Waals surface area contributed by atoms with Crippen molar-refractivity contribution < 1.29 is 0 Å². The lowest BCUT2D eigenvalue weighted by Gasteiger charge is -2.28. The third kappa shape index (κ3) is 7.86. The number of nitrogens with zero attached hydrogens (tertiary/aromatic N) is 1. The lowest BCUT2D eigenvalue weighted by atomic mass is 10.0. The van der Waals surface area contributed by atoms with E-state index in [-0.39, 0.29) is 0 Å². The zero-order valence-corrected chi connectivity index (χ0v) is 14.1. The number of amidine groups is 1. The third-order valence-electron chi connectivity index (χ3n) is 3.73. The first-order chi connectivity index (χ1) is 9.09. The van der Waals surface area contributed by atoms with E-state index in [1.165, 1.54) is 49.4 Å². The zero-order chi connectivity index (χ0) is 14.1. The fourth-order valence-corrected chi connectivity index (χ4v) is 3.33. The molecular formula is C16H32N2S. The summed E-state index contributed by atoms with van der Waals surface area (Å²) in [6.07, 6.45) is 7.99. The fourth-order valence-electron chi connectivity index (χ4n) is 2.34. The van der Waals surface area contributed by atoms with Crippen molar-refractivity contribution >= 4 is 16.9 Å². The zero-order valence-electron chi connectivity index (χ0n) is 13.2. The lowest BCUT2D eigenvalue weighted by Crippen LogP contribution is -2.41. The fraction of sp³-hybridized carbons (Fsp3) is 0.938. The highest BCUT2D eigenvalue weighted by atomic mass is 32.2. The molecular weight excluding hydrogens is 252 g/mol. The van der Waals surface area contributed by atoms with Crippen LogP contribution in [0.1, 0.15) is 66.2 Å². The van der Waals surface area contributed by atoms with Gasteiger partial charge in [-0.2, -0.15) is 0 Å². The van der Waals surface area contributed by atoms with Crippen LogP contribution in [0.5, 0.6) is 0 Å². The third-order valence-corrected chi connectivity index (χ3v) is 4.69. The molecule has 1 rings (SSSR count). The molecule has 0 spiro atoms. The molecule has 0 amide bonds. The molecule has 2 nitrogen and oxygen atoms in total. The first-order valence-corrected chi connectivity index (χ1v) is 9.02. The summed E-state index contributed by atoms with van der Waals surface area (Å²) in [4.78, 5) is 4.72. The summed E-state index contributed by atoms with van der Waals surface area (Å²) in [6, 6.07) is 0.631. The second kappa shape index (κ2) is 9.68. The Labute approximate surface area is 124 Å². The number of unbranched alkanes of at least 4 members (excludes halogenated alkanes) is 3. The van der Waals surface area contributed by atoms with E-state index in [1.807, 2.05) is 11.8 Å². The number of rotatable bonds is 8. The largest absolute Gasteiger partial charge is 0.362 e. The van der Waals surface area contributed by atoms with Crippen LogP contribution < -0.4 is 5.32 Å². The van der Waals surface area contributed by atoms with Crippen molar-refractivity contribution in [3.63, 3.8) is 0 Å². The molecule has 3 heteroatoms. The van der Waals surface area contributed by atoms with E-state index in [0.717, 1.165) is 12.5 Å². The molecule has 0 aliphatic carbocycles. The molecule has 1 aliphatic rings.